The highest BCUT2D eigenvalue weighted by molar-refractivity contribution is 7.92. The lowest BCUT2D eigenvalue weighted by atomic mass is 10.0. The van der Waals surface area contributed by atoms with E-state index in [-0.39, 0.29) is 50.2 Å². The molecule has 0 radical (unpaired) electrons. The van der Waals surface area contributed by atoms with E-state index in [1.165, 1.54) is 28.4 Å². The minimum atomic E-state index is -3.63. The second kappa shape index (κ2) is 15.3. The molecule has 0 aliphatic carbocycles. The molecule has 3 aromatic carbocycles. The van der Waals surface area contributed by atoms with Gasteiger partial charge < -0.3 is 15.0 Å². The normalized spacial score (nSPS) is 12.7. The molecular weight excluding hydrogens is 557 g/mol. The summed E-state index contributed by atoms with van der Waals surface area (Å²) < 4.78 is 45.3. The van der Waals surface area contributed by atoms with Crippen LogP contribution in [-0.2, 0) is 32.6 Å². The molecule has 0 fully saturated rings. The van der Waals surface area contributed by atoms with Gasteiger partial charge in [0.25, 0.3) is 0 Å². The average molecular weight is 598 g/mol. The van der Waals surface area contributed by atoms with E-state index in [2.05, 4.69) is 5.32 Å². The number of sulfonamides is 1. The molecule has 10 heteroatoms. The van der Waals surface area contributed by atoms with Gasteiger partial charge in [-0.05, 0) is 67.3 Å². The van der Waals surface area contributed by atoms with Crippen LogP contribution in [0.2, 0.25) is 0 Å². The number of carbonyl (C=O) groups excluding carboxylic acids is 2. The summed E-state index contributed by atoms with van der Waals surface area (Å²) >= 11 is 0. The Bertz CT molecular complexity index is 1400. The fraction of sp³-hybridized carbons (Fsp3) is 0.375. The van der Waals surface area contributed by atoms with Crippen LogP contribution in [0.5, 0.6) is 5.75 Å². The van der Waals surface area contributed by atoms with Crippen molar-refractivity contribution in [3.63, 3.8) is 0 Å². The fourth-order valence-electron chi connectivity index (χ4n) is 4.53. The number of nitrogens with one attached hydrogen (secondary N) is 1. The SMILES string of the molecule is CC[C@@H](C)NC(=O)[C@@H](Cc1ccccc1)N(Cc1ccc(F)cc1)C(=O)CCCN(c1ccc(OC)cc1)S(C)(=O)=O. The summed E-state index contributed by atoms with van der Waals surface area (Å²) in [5.74, 6) is -0.382. The molecule has 0 saturated carbocycles. The standard InChI is InChI=1S/C32H40FN3O5S/c1-5-24(2)34-32(38)30(22-25-10-7-6-8-11-25)35(23-26-13-15-27(33)16-14-26)31(37)12-9-21-36(42(4,39)40)28-17-19-29(41-3)20-18-28/h6-8,10-11,13-20,24,30H,5,9,12,21-23H2,1-4H3,(H,34,38)/t24-,30-/m1/s1. The monoisotopic (exact) mass is 597 g/mol. The van der Waals surface area contributed by atoms with Gasteiger partial charge in [-0.1, -0.05) is 49.4 Å². The highest BCUT2D eigenvalue weighted by atomic mass is 32.2. The van der Waals surface area contributed by atoms with Gasteiger partial charge in [0.05, 0.1) is 19.1 Å². The maximum absolute atomic E-state index is 13.8. The number of halogens is 1. The summed E-state index contributed by atoms with van der Waals surface area (Å²) in [6.45, 7) is 4.04. The third-order valence-electron chi connectivity index (χ3n) is 7.05. The largest absolute Gasteiger partial charge is 0.497 e. The van der Waals surface area contributed by atoms with E-state index in [0.717, 1.165) is 18.2 Å². The van der Waals surface area contributed by atoms with Gasteiger partial charge in [0.2, 0.25) is 21.8 Å². The number of hydrogen-bond donors (Lipinski definition) is 1. The molecular formula is C32H40FN3O5S. The molecule has 8 nitrogen and oxygen atoms in total. The number of anilines is 1. The molecule has 0 saturated heterocycles. The van der Waals surface area contributed by atoms with Crippen LogP contribution in [0.25, 0.3) is 0 Å². The molecule has 0 heterocycles. The Morgan fingerprint density at radius 1 is 0.952 bits per heavy atom. The number of amides is 2. The lowest BCUT2D eigenvalue weighted by Gasteiger charge is -2.32. The zero-order valence-electron chi connectivity index (χ0n) is 24.6. The Hall–Kier alpha value is -3.92. The summed E-state index contributed by atoms with van der Waals surface area (Å²) in [6.07, 6.45) is 2.36. The van der Waals surface area contributed by atoms with Crippen LogP contribution < -0.4 is 14.4 Å². The second-order valence-corrected chi connectivity index (χ2v) is 12.2. The number of nitrogens with zero attached hydrogens (tertiary/aromatic N) is 2. The Morgan fingerprint density at radius 3 is 2.17 bits per heavy atom. The van der Waals surface area contributed by atoms with E-state index in [1.807, 2.05) is 44.2 Å². The van der Waals surface area contributed by atoms with Crippen molar-refractivity contribution in [1.29, 1.82) is 0 Å². The highest BCUT2D eigenvalue weighted by Crippen LogP contribution is 2.23. The molecule has 0 unspecified atom stereocenters. The summed E-state index contributed by atoms with van der Waals surface area (Å²) in [5.41, 5.74) is 2.03. The fourth-order valence-corrected chi connectivity index (χ4v) is 5.50. The van der Waals surface area contributed by atoms with Crippen LogP contribution in [0.1, 0.15) is 44.2 Å². The summed E-state index contributed by atoms with van der Waals surface area (Å²) in [5, 5.41) is 3.01. The number of carbonyl (C=O) groups is 2. The van der Waals surface area contributed by atoms with Crippen molar-refractivity contribution in [2.24, 2.45) is 0 Å². The van der Waals surface area contributed by atoms with Gasteiger partial charge in [-0.2, -0.15) is 0 Å². The Labute approximate surface area is 248 Å². The molecule has 2 atom stereocenters. The molecule has 0 aromatic heterocycles. The first kappa shape index (κ1) is 32.6. The summed E-state index contributed by atoms with van der Waals surface area (Å²) in [7, 11) is -2.10. The third-order valence-corrected chi connectivity index (χ3v) is 8.24. The molecule has 3 aromatic rings. The predicted molar refractivity (Wildman–Crippen MR) is 163 cm³/mol. The van der Waals surface area contributed by atoms with Crippen LogP contribution in [0.15, 0.2) is 78.9 Å². The number of rotatable bonds is 15. The molecule has 3 rings (SSSR count). The Balaban J connectivity index is 1.87. The maximum atomic E-state index is 13.8. The van der Waals surface area contributed by atoms with E-state index in [0.29, 0.717) is 17.0 Å². The molecule has 0 spiro atoms. The highest BCUT2D eigenvalue weighted by Gasteiger charge is 2.31. The van der Waals surface area contributed by atoms with Gasteiger partial charge in [0.15, 0.2) is 0 Å². The topological polar surface area (TPSA) is 96.0 Å². The average Bonchev–Trinajstić information content (AvgIpc) is 2.97. The Morgan fingerprint density at radius 2 is 1.60 bits per heavy atom. The zero-order chi connectivity index (χ0) is 30.7. The number of methoxy groups -OCH3 is 1. The zero-order valence-corrected chi connectivity index (χ0v) is 25.4. The number of hydrogen-bond acceptors (Lipinski definition) is 5. The van der Waals surface area contributed by atoms with Crippen LogP contribution in [-0.4, -0.2) is 57.1 Å². The van der Waals surface area contributed by atoms with Crippen molar-refractivity contribution >= 4 is 27.5 Å². The maximum Gasteiger partial charge on any atom is 0.243 e. The van der Waals surface area contributed by atoms with Crippen molar-refractivity contribution in [3.8, 4) is 5.75 Å². The van der Waals surface area contributed by atoms with Crippen LogP contribution in [0.3, 0.4) is 0 Å². The third kappa shape index (κ3) is 9.58. The van der Waals surface area contributed by atoms with Gasteiger partial charge in [-0.3, -0.25) is 13.9 Å². The first-order valence-electron chi connectivity index (χ1n) is 14.0. The van der Waals surface area contributed by atoms with Crippen molar-refractivity contribution in [2.45, 2.75) is 58.2 Å². The van der Waals surface area contributed by atoms with Crippen LogP contribution in [0, 0.1) is 5.82 Å². The molecule has 0 aliphatic heterocycles. The van der Waals surface area contributed by atoms with Gasteiger partial charge in [0, 0.05) is 32.0 Å². The summed E-state index contributed by atoms with van der Waals surface area (Å²) in [4.78, 5) is 29.0. The number of benzene rings is 3. The molecule has 0 aliphatic rings. The summed E-state index contributed by atoms with van der Waals surface area (Å²) in [6, 6.07) is 21.0. The van der Waals surface area contributed by atoms with Crippen LogP contribution >= 0.6 is 0 Å². The minimum absolute atomic E-state index is 0.00523. The lowest BCUT2D eigenvalue weighted by molar-refractivity contribution is -0.141. The molecule has 1 N–H and O–H groups in total. The van der Waals surface area contributed by atoms with Crippen molar-refractivity contribution in [2.75, 3.05) is 24.2 Å². The van der Waals surface area contributed by atoms with Gasteiger partial charge >= 0.3 is 0 Å². The molecule has 0 bridgehead atoms. The lowest BCUT2D eigenvalue weighted by Crippen LogP contribution is -2.52. The van der Waals surface area contributed by atoms with E-state index in [4.69, 9.17) is 4.74 Å². The van der Waals surface area contributed by atoms with Gasteiger partial charge in [-0.15, -0.1) is 0 Å². The van der Waals surface area contributed by atoms with Gasteiger partial charge in [-0.25, -0.2) is 12.8 Å². The first-order valence-corrected chi connectivity index (χ1v) is 15.9. The Kier molecular flexibility index (Phi) is 11.9. The quantitative estimate of drug-likeness (QED) is 0.268. The second-order valence-electron chi connectivity index (χ2n) is 10.3. The minimum Gasteiger partial charge on any atom is -0.497 e. The van der Waals surface area contributed by atoms with Crippen molar-refractivity contribution < 1.29 is 27.1 Å². The number of ether oxygens (including phenoxy) is 1. The van der Waals surface area contributed by atoms with Crippen molar-refractivity contribution in [1.82, 2.24) is 10.2 Å². The van der Waals surface area contributed by atoms with E-state index >= 15 is 0 Å². The predicted octanol–water partition coefficient (Wildman–Crippen LogP) is 4.94. The van der Waals surface area contributed by atoms with E-state index in [9.17, 15) is 22.4 Å². The van der Waals surface area contributed by atoms with E-state index < -0.39 is 21.9 Å². The smallest absolute Gasteiger partial charge is 0.243 e. The molecule has 226 valence electrons. The first-order chi connectivity index (χ1) is 20.0. The molecule has 2 amide bonds. The van der Waals surface area contributed by atoms with Crippen LogP contribution in [0.4, 0.5) is 10.1 Å². The van der Waals surface area contributed by atoms with Crippen molar-refractivity contribution in [3.05, 3.63) is 95.8 Å². The van der Waals surface area contributed by atoms with E-state index in [1.54, 1.807) is 36.4 Å². The molecule has 42 heavy (non-hydrogen) atoms. The van der Waals surface area contributed by atoms with Gasteiger partial charge in [0.1, 0.15) is 17.6 Å².